The zero-order valence-electron chi connectivity index (χ0n) is 15.4. The molecule has 0 atom stereocenters. The van der Waals surface area contributed by atoms with Gasteiger partial charge in [0.2, 0.25) is 0 Å². The number of carbonyl (C=O) groups is 2. The summed E-state index contributed by atoms with van der Waals surface area (Å²) >= 11 is 6.91. The molecule has 4 fully saturated rings. The van der Waals surface area contributed by atoms with Crippen molar-refractivity contribution >= 4 is 49.2 Å². The number of unbranched alkanes of at least 4 members (excludes halogenated alkanes) is 1. The number of hydrogen-bond donors (Lipinski definition) is 0. The Hall–Kier alpha value is -0.360. The number of fused-ring (bicyclic) bond motifs is 1. The fourth-order valence-electron chi connectivity index (χ4n) is 5.15. The second kappa shape index (κ2) is 7.72. The van der Waals surface area contributed by atoms with Gasteiger partial charge >= 0.3 is 0 Å². The summed E-state index contributed by atoms with van der Waals surface area (Å²) in [4.78, 5) is 34.0. The van der Waals surface area contributed by atoms with Crippen LogP contribution in [0.2, 0.25) is 0 Å². The summed E-state index contributed by atoms with van der Waals surface area (Å²) in [6, 6.07) is 3.63. The molecule has 0 spiro atoms. The first-order chi connectivity index (χ1) is 12.9. The number of anilines is 1. The Bertz CT molecular complexity index is 798. The molecule has 6 rings (SSSR count). The highest BCUT2D eigenvalue weighted by molar-refractivity contribution is 9.11. The molecule has 1 amide bonds. The number of amides is 1. The van der Waals surface area contributed by atoms with Gasteiger partial charge in [-0.3, -0.25) is 14.1 Å². The van der Waals surface area contributed by atoms with Crippen molar-refractivity contribution in [2.45, 2.75) is 12.8 Å². The van der Waals surface area contributed by atoms with Gasteiger partial charge in [-0.2, -0.15) is 0 Å². The summed E-state index contributed by atoms with van der Waals surface area (Å²) < 4.78 is 2.70. The highest BCUT2D eigenvalue weighted by Crippen LogP contribution is 2.38. The van der Waals surface area contributed by atoms with Gasteiger partial charge in [-0.25, -0.2) is 14.7 Å². The van der Waals surface area contributed by atoms with Crippen molar-refractivity contribution in [3.63, 3.8) is 0 Å². The normalized spacial score (nSPS) is 32.6. The molecule has 7 nitrogen and oxygen atoms in total. The molecule has 1 aromatic carbocycles. The van der Waals surface area contributed by atoms with Gasteiger partial charge in [0, 0.05) is 15.5 Å². The van der Waals surface area contributed by atoms with E-state index in [9.17, 15) is 9.59 Å². The van der Waals surface area contributed by atoms with E-state index in [2.05, 4.69) is 46.6 Å². The number of carbonyl (C=O) groups excluding carboxylic acids is 2. The van der Waals surface area contributed by atoms with Crippen LogP contribution in [-0.2, 0) is 4.79 Å². The van der Waals surface area contributed by atoms with Crippen LogP contribution < -0.4 is 21.9 Å². The lowest BCUT2D eigenvalue weighted by Gasteiger charge is -2.60. The summed E-state index contributed by atoms with van der Waals surface area (Å²) in [7, 11) is 0. The molecule has 28 heavy (non-hydrogen) atoms. The number of hydrogen-bond acceptors (Lipinski definition) is 5. The van der Waals surface area contributed by atoms with Crippen LogP contribution in [0.25, 0.3) is 0 Å². The first-order valence-electron chi connectivity index (χ1n) is 9.32. The molecule has 10 heteroatoms. The fourth-order valence-corrected chi connectivity index (χ4v) is 6.59. The summed E-state index contributed by atoms with van der Waals surface area (Å²) in [6.07, 6.45) is 1.96. The molecule has 4 bridgehead atoms. The third kappa shape index (κ3) is 3.51. The average Bonchev–Trinajstić information content (AvgIpc) is 2.82. The lowest BCUT2D eigenvalue weighted by Crippen LogP contribution is -3.00. The number of nitrogens with zero attached hydrogens (tertiary/aromatic N) is 5. The molecular formula is C18H22Br3N5O2. The predicted octanol–water partition coefficient (Wildman–Crippen LogP) is -0.966. The Kier molecular flexibility index (Phi) is 5.76. The molecular weight excluding hydrogens is 558 g/mol. The zero-order chi connectivity index (χ0) is 18.8. The van der Waals surface area contributed by atoms with E-state index in [1.165, 1.54) is 0 Å². The van der Waals surface area contributed by atoms with Crippen molar-refractivity contribution in [1.29, 1.82) is 0 Å². The lowest BCUT2D eigenvalue weighted by molar-refractivity contribution is -0.980. The van der Waals surface area contributed by atoms with Crippen molar-refractivity contribution in [2.75, 3.05) is 58.0 Å². The van der Waals surface area contributed by atoms with Gasteiger partial charge in [-0.1, -0.05) is 15.9 Å². The van der Waals surface area contributed by atoms with Crippen LogP contribution >= 0.6 is 31.9 Å². The van der Waals surface area contributed by atoms with Gasteiger partial charge in [0.15, 0.2) is 0 Å². The van der Waals surface area contributed by atoms with E-state index in [4.69, 9.17) is 0 Å². The summed E-state index contributed by atoms with van der Waals surface area (Å²) in [6.45, 7) is 8.41. The largest absolute Gasteiger partial charge is 1.00 e. The summed E-state index contributed by atoms with van der Waals surface area (Å²) in [5.41, 5.74) is 1.22. The SMILES string of the molecule is O=C1C(=O)N(CCCC[N+]23CN4CN(CN(C4)C2)C3)c2c(Br)cc(Br)cc21.[Br-]. The van der Waals surface area contributed by atoms with Gasteiger partial charge in [0.1, 0.15) is 20.0 Å². The Morgan fingerprint density at radius 1 is 0.929 bits per heavy atom. The van der Waals surface area contributed by atoms with Gasteiger partial charge < -0.3 is 21.9 Å². The monoisotopic (exact) mass is 577 g/mol. The zero-order valence-corrected chi connectivity index (χ0v) is 20.2. The molecule has 0 N–H and O–H groups in total. The molecule has 4 saturated heterocycles. The highest BCUT2D eigenvalue weighted by Gasteiger charge is 2.48. The van der Waals surface area contributed by atoms with Crippen molar-refractivity contribution in [2.24, 2.45) is 0 Å². The third-order valence-electron chi connectivity index (χ3n) is 5.95. The first-order valence-corrected chi connectivity index (χ1v) is 10.9. The number of Topliss-reactive ketones (excluding diaryl/α,β-unsaturated/α-hetero) is 1. The van der Waals surface area contributed by atoms with Crippen molar-refractivity contribution in [3.8, 4) is 0 Å². The molecule has 1 aromatic rings. The van der Waals surface area contributed by atoms with Gasteiger partial charge in [0.25, 0.3) is 11.7 Å². The second-order valence-electron chi connectivity index (χ2n) is 8.20. The minimum atomic E-state index is -0.406. The highest BCUT2D eigenvalue weighted by atomic mass is 79.9. The van der Waals surface area contributed by atoms with Crippen LogP contribution in [0.1, 0.15) is 23.2 Å². The Balaban J connectivity index is 0.00000192. The maximum absolute atomic E-state index is 12.5. The van der Waals surface area contributed by atoms with Gasteiger partial charge in [-0.15, -0.1) is 0 Å². The number of benzene rings is 1. The van der Waals surface area contributed by atoms with E-state index in [-0.39, 0.29) is 17.0 Å². The molecule has 5 aliphatic rings. The van der Waals surface area contributed by atoms with Crippen LogP contribution in [0.15, 0.2) is 21.1 Å². The molecule has 0 aromatic heterocycles. The molecule has 152 valence electrons. The van der Waals surface area contributed by atoms with E-state index in [0.717, 1.165) is 78.5 Å². The van der Waals surface area contributed by atoms with Gasteiger partial charge in [-0.05, 0) is 40.9 Å². The van der Waals surface area contributed by atoms with Crippen LogP contribution in [0.3, 0.4) is 0 Å². The molecule has 5 aliphatic heterocycles. The van der Waals surface area contributed by atoms with Crippen molar-refractivity contribution < 1.29 is 31.1 Å². The Morgan fingerprint density at radius 3 is 2.14 bits per heavy atom. The minimum Gasteiger partial charge on any atom is -1.00 e. The topological polar surface area (TPSA) is 47.1 Å². The fraction of sp³-hybridized carbons (Fsp3) is 0.556. The third-order valence-corrected chi connectivity index (χ3v) is 7.01. The molecule has 0 unspecified atom stereocenters. The molecule has 0 aliphatic carbocycles. The number of quaternary nitrogens is 1. The maximum atomic E-state index is 12.5. The number of rotatable bonds is 5. The number of ketones is 1. The van der Waals surface area contributed by atoms with Crippen LogP contribution in [-0.4, -0.2) is 84.0 Å². The summed E-state index contributed by atoms with van der Waals surface area (Å²) in [5, 5.41) is 0. The van der Waals surface area contributed by atoms with E-state index in [1.54, 1.807) is 11.0 Å². The first kappa shape index (κ1) is 20.9. The smallest absolute Gasteiger partial charge is 0.299 e. The average molecular weight is 580 g/mol. The van der Waals surface area contributed by atoms with E-state index in [1.807, 2.05) is 6.07 Å². The lowest BCUT2D eigenvalue weighted by atomic mass is 10.1. The molecule has 5 heterocycles. The van der Waals surface area contributed by atoms with Gasteiger partial charge in [0.05, 0.1) is 37.8 Å². The van der Waals surface area contributed by atoms with Crippen LogP contribution in [0.4, 0.5) is 5.69 Å². The molecule has 0 radical (unpaired) electrons. The molecule has 0 saturated carbocycles. The maximum Gasteiger partial charge on any atom is 0.299 e. The van der Waals surface area contributed by atoms with Crippen LogP contribution in [0, 0.1) is 0 Å². The standard InChI is InChI=1S/C18H22Br2N5O2.BrH/c19-13-5-14-16(15(20)6-13)24(18(27)17(14)26)3-1-2-4-25-10-21-7-22(11-25)9-23(8-21)12-25;/h5-6H,1-4,7-12H2;1H/q+1;/p-1. The quantitative estimate of drug-likeness (QED) is 0.255. The van der Waals surface area contributed by atoms with Crippen LogP contribution in [0.5, 0.6) is 0 Å². The van der Waals surface area contributed by atoms with Crippen molar-refractivity contribution in [1.82, 2.24) is 14.7 Å². The Labute approximate surface area is 191 Å². The van der Waals surface area contributed by atoms with E-state index in [0.29, 0.717) is 12.1 Å². The summed E-state index contributed by atoms with van der Waals surface area (Å²) in [5.74, 6) is -0.811. The Morgan fingerprint density at radius 2 is 1.54 bits per heavy atom. The predicted molar refractivity (Wildman–Crippen MR) is 108 cm³/mol. The van der Waals surface area contributed by atoms with E-state index >= 15 is 0 Å². The van der Waals surface area contributed by atoms with Crippen molar-refractivity contribution in [3.05, 3.63) is 26.6 Å². The second-order valence-corrected chi connectivity index (χ2v) is 9.97. The minimum absolute atomic E-state index is 0. The van der Waals surface area contributed by atoms with E-state index < -0.39 is 11.7 Å². The number of halogens is 3.